The van der Waals surface area contributed by atoms with E-state index >= 15 is 0 Å². The fraction of sp³-hybridized carbons (Fsp3) is 0.260. The highest BCUT2D eigenvalue weighted by Crippen LogP contribution is 2.51. The number of carbonyl (C=O) groups excluding carboxylic acids is 1. The van der Waals surface area contributed by atoms with E-state index in [-0.39, 0.29) is 5.91 Å². The van der Waals surface area contributed by atoms with E-state index in [4.69, 9.17) is 9.47 Å². The van der Waals surface area contributed by atoms with Crippen molar-refractivity contribution >= 4 is 11.6 Å². The second-order valence-corrected chi connectivity index (χ2v) is 12.0. The number of nitrogens with zero attached hydrogens (tertiary/aromatic N) is 1. The van der Waals surface area contributed by atoms with E-state index in [2.05, 4.69) is 82.3 Å². The molecule has 0 saturated heterocycles. The predicted octanol–water partition coefficient (Wildman–Crippen LogP) is 14.6. The average Bonchev–Trinajstić information content (AvgIpc) is 3.50. The number of benzene rings is 6. The molecular formula is C50H59NO3. The predicted molar refractivity (Wildman–Crippen MR) is 230 cm³/mol. The number of rotatable bonds is 7. The zero-order valence-electron chi connectivity index (χ0n) is 34.5. The summed E-state index contributed by atoms with van der Waals surface area (Å²) in [5.41, 5.74) is 8.18. The van der Waals surface area contributed by atoms with Gasteiger partial charge in [-0.15, -0.1) is 0 Å². The SMILES string of the molecule is CC.CC.CC.CC.Cc1ccc(Oc2ccc(C3(c4ccc(Oc5ccc(C)c(C)c5)cc4)c4ccccc4C(=O)N3c3ccccc3)cc2)cc1C. The van der Waals surface area contributed by atoms with Crippen molar-refractivity contribution in [3.8, 4) is 23.0 Å². The van der Waals surface area contributed by atoms with E-state index in [9.17, 15) is 4.79 Å². The van der Waals surface area contributed by atoms with Crippen LogP contribution in [0.4, 0.5) is 5.69 Å². The first-order chi connectivity index (χ1) is 26.3. The monoisotopic (exact) mass is 721 g/mol. The van der Waals surface area contributed by atoms with Crippen molar-refractivity contribution in [2.75, 3.05) is 4.90 Å². The molecule has 1 amide bonds. The Kier molecular flexibility index (Phi) is 16.3. The van der Waals surface area contributed by atoms with Gasteiger partial charge in [-0.1, -0.05) is 128 Å². The van der Waals surface area contributed by atoms with Gasteiger partial charge in [0.1, 0.15) is 28.5 Å². The van der Waals surface area contributed by atoms with E-state index in [0.717, 1.165) is 45.4 Å². The topological polar surface area (TPSA) is 38.8 Å². The van der Waals surface area contributed by atoms with Gasteiger partial charge in [0.25, 0.3) is 5.91 Å². The lowest BCUT2D eigenvalue weighted by Gasteiger charge is -2.40. The number of hydrogen-bond donors (Lipinski definition) is 0. The average molecular weight is 722 g/mol. The number of carbonyl (C=O) groups is 1. The third-order valence-electron chi connectivity index (χ3n) is 9.07. The summed E-state index contributed by atoms with van der Waals surface area (Å²) >= 11 is 0. The zero-order valence-corrected chi connectivity index (χ0v) is 34.5. The first-order valence-electron chi connectivity index (χ1n) is 19.5. The summed E-state index contributed by atoms with van der Waals surface area (Å²) in [5.74, 6) is 2.98. The summed E-state index contributed by atoms with van der Waals surface area (Å²) in [6, 6.07) is 46.2. The van der Waals surface area contributed by atoms with Crippen LogP contribution in [0.3, 0.4) is 0 Å². The van der Waals surface area contributed by atoms with Gasteiger partial charge in [-0.2, -0.15) is 0 Å². The zero-order chi connectivity index (χ0) is 39.8. The van der Waals surface area contributed by atoms with Gasteiger partial charge in [0.05, 0.1) is 0 Å². The molecule has 54 heavy (non-hydrogen) atoms. The molecule has 1 aliphatic heterocycles. The number of amides is 1. The second-order valence-electron chi connectivity index (χ2n) is 12.0. The highest BCUT2D eigenvalue weighted by molar-refractivity contribution is 6.13. The molecule has 0 spiro atoms. The van der Waals surface area contributed by atoms with Gasteiger partial charge in [0, 0.05) is 11.3 Å². The molecule has 0 unspecified atom stereocenters. The molecule has 4 heteroatoms. The van der Waals surface area contributed by atoms with Crippen LogP contribution in [0, 0.1) is 27.7 Å². The molecule has 0 aromatic heterocycles. The quantitative estimate of drug-likeness (QED) is 0.165. The van der Waals surface area contributed by atoms with Gasteiger partial charge in [-0.05, 0) is 133 Å². The third kappa shape index (κ3) is 8.94. The van der Waals surface area contributed by atoms with Crippen molar-refractivity contribution < 1.29 is 14.3 Å². The maximum atomic E-state index is 14.4. The van der Waals surface area contributed by atoms with Crippen LogP contribution in [0.5, 0.6) is 23.0 Å². The first-order valence-corrected chi connectivity index (χ1v) is 19.5. The Morgan fingerprint density at radius 2 is 0.815 bits per heavy atom. The molecule has 0 radical (unpaired) electrons. The lowest BCUT2D eigenvalue weighted by atomic mass is 9.76. The number of aryl methyl sites for hydroxylation is 4. The largest absolute Gasteiger partial charge is 0.457 e. The molecule has 0 saturated carbocycles. The lowest BCUT2D eigenvalue weighted by Crippen LogP contribution is -2.46. The van der Waals surface area contributed by atoms with Gasteiger partial charge in [0.15, 0.2) is 0 Å². The van der Waals surface area contributed by atoms with Gasteiger partial charge in [-0.3, -0.25) is 9.69 Å². The Balaban J connectivity index is 0.000000921. The first kappa shape index (κ1) is 42.8. The highest BCUT2D eigenvalue weighted by Gasteiger charge is 2.52. The van der Waals surface area contributed by atoms with Crippen LogP contribution in [0.1, 0.15) is 105 Å². The number of ether oxygens (including phenoxy) is 2. The summed E-state index contributed by atoms with van der Waals surface area (Å²) in [4.78, 5) is 16.3. The molecular weight excluding hydrogens is 663 g/mol. The molecule has 282 valence electrons. The molecule has 0 bridgehead atoms. The normalized spacial score (nSPS) is 11.9. The van der Waals surface area contributed by atoms with Crippen LogP contribution in [0.25, 0.3) is 0 Å². The van der Waals surface area contributed by atoms with E-state index in [1.54, 1.807) is 0 Å². The van der Waals surface area contributed by atoms with Gasteiger partial charge >= 0.3 is 0 Å². The van der Waals surface area contributed by atoms with E-state index in [1.165, 1.54) is 22.3 Å². The summed E-state index contributed by atoms with van der Waals surface area (Å²) in [6.45, 7) is 24.4. The van der Waals surface area contributed by atoms with Crippen molar-refractivity contribution in [1.29, 1.82) is 0 Å². The smallest absolute Gasteiger partial charge is 0.260 e. The van der Waals surface area contributed by atoms with Gasteiger partial charge in [0.2, 0.25) is 0 Å². The maximum absolute atomic E-state index is 14.4. The lowest BCUT2D eigenvalue weighted by molar-refractivity contribution is 0.0986. The minimum absolute atomic E-state index is 0.0484. The summed E-state index contributed by atoms with van der Waals surface area (Å²) in [5, 5.41) is 0. The molecule has 6 aromatic carbocycles. The van der Waals surface area contributed by atoms with Crippen LogP contribution < -0.4 is 14.4 Å². The number of fused-ring (bicyclic) bond motifs is 1. The van der Waals surface area contributed by atoms with Crippen molar-refractivity contribution in [3.05, 3.63) is 184 Å². The molecule has 6 aromatic rings. The number of hydrogen-bond acceptors (Lipinski definition) is 3. The third-order valence-corrected chi connectivity index (χ3v) is 9.07. The maximum Gasteiger partial charge on any atom is 0.260 e. The Bertz CT molecular complexity index is 1950. The molecule has 1 aliphatic rings. The highest BCUT2D eigenvalue weighted by atomic mass is 16.5. The molecule has 0 N–H and O–H groups in total. The van der Waals surface area contributed by atoms with Crippen LogP contribution in [0.2, 0.25) is 0 Å². The van der Waals surface area contributed by atoms with E-state index in [1.807, 2.05) is 145 Å². The van der Waals surface area contributed by atoms with E-state index < -0.39 is 5.54 Å². The van der Waals surface area contributed by atoms with Crippen molar-refractivity contribution in [2.45, 2.75) is 88.6 Å². The molecule has 7 rings (SSSR count). The standard InChI is InChI=1S/C42H35NO3.4C2H6/c1-28-14-20-37(26-30(28)3)45-35-22-16-32(17-23-35)42(33-18-24-36(25-19-33)46-38-21-15-29(2)31(4)27-38)40-13-9-8-12-39(40)41(44)43(42)34-10-6-5-7-11-34;4*1-2/h5-27H,1-4H3;4*1-2H3. The van der Waals surface area contributed by atoms with Crippen molar-refractivity contribution in [1.82, 2.24) is 0 Å². The molecule has 1 heterocycles. The van der Waals surface area contributed by atoms with Crippen molar-refractivity contribution in [3.63, 3.8) is 0 Å². The Labute approximate surface area is 325 Å². The van der Waals surface area contributed by atoms with Crippen LogP contribution >= 0.6 is 0 Å². The summed E-state index contributed by atoms with van der Waals surface area (Å²) in [6.07, 6.45) is 0. The Morgan fingerprint density at radius 1 is 0.426 bits per heavy atom. The molecule has 4 nitrogen and oxygen atoms in total. The number of anilines is 1. The second kappa shape index (κ2) is 20.6. The summed E-state index contributed by atoms with van der Waals surface area (Å²) < 4.78 is 12.5. The van der Waals surface area contributed by atoms with Crippen LogP contribution in [-0.4, -0.2) is 5.91 Å². The minimum atomic E-state index is -0.938. The Morgan fingerprint density at radius 3 is 1.24 bits per heavy atom. The molecule has 0 fully saturated rings. The van der Waals surface area contributed by atoms with E-state index in [0.29, 0.717) is 5.56 Å². The molecule has 0 aliphatic carbocycles. The fourth-order valence-electron chi connectivity index (χ4n) is 6.36. The number of para-hydroxylation sites is 1. The Hall–Kier alpha value is -5.61. The molecule has 0 atom stereocenters. The minimum Gasteiger partial charge on any atom is -0.457 e. The van der Waals surface area contributed by atoms with Crippen molar-refractivity contribution in [2.24, 2.45) is 0 Å². The van der Waals surface area contributed by atoms with Crippen LogP contribution in [-0.2, 0) is 5.54 Å². The summed E-state index contributed by atoms with van der Waals surface area (Å²) in [7, 11) is 0. The van der Waals surface area contributed by atoms with Gasteiger partial charge in [-0.25, -0.2) is 0 Å². The van der Waals surface area contributed by atoms with Crippen LogP contribution in [0.15, 0.2) is 140 Å². The van der Waals surface area contributed by atoms with Gasteiger partial charge < -0.3 is 9.47 Å². The fourth-order valence-corrected chi connectivity index (χ4v) is 6.36.